The summed E-state index contributed by atoms with van der Waals surface area (Å²) in [6.45, 7) is 12.5. The monoisotopic (exact) mass is 568 g/mol. The second kappa shape index (κ2) is 11.5. The average molecular weight is 569 g/mol. The van der Waals surface area contributed by atoms with E-state index in [2.05, 4.69) is 46.8 Å². The van der Waals surface area contributed by atoms with Crippen molar-refractivity contribution in [2.24, 2.45) is 46.3 Å². The Labute approximate surface area is 254 Å². The van der Waals surface area contributed by atoms with Gasteiger partial charge in [-0.15, -0.1) is 0 Å². The number of nitriles is 1. The molecule has 4 aliphatic carbocycles. The van der Waals surface area contributed by atoms with Gasteiger partial charge in [-0.3, -0.25) is 4.90 Å². The number of allylic oxidation sites excluding steroid dienone is 1. The summed E-state index contributed by atoms with van der Waals surface area (Å²) in [5.41, 5.74) is 4.11. The number of fused-ring (bicyclic) bond motifs is 6. The minimum atomic E-state index is -0.646. The lowest BCUT2D eigenvalue weighted by Gasteiger charge is -2.58. The van der Waals surface area contributed by atoms with Gasteiger partial charge in [0.2, 0.25) is 0 Å². The maximum Gasteiger partial charge on any atom is 0.415 e. The van der Waals surface area contributed by atoms with Gasteiger partial charge >= 0.3 is 6.09 Å². The number of nitrogens with zero attached hydrogens (tertiary/aromatic N) is 2. The molecule has 1 aliphatic heterocycles. The number of amides is 1. The summed E-state index contributed by atoms with van der Waals surface area (Å²) < 4.78 is 6.12. The summed E-state index contributed by atoms with van der Waals surface area (Å²) in [6.07, 6.45) is 19.5. The standard InChI is InChI=1S/C38H52N2O2/c1-25(2)9-8-10-26(3)32-15-16-33-31-14-13-28-23-29(17-20-37(28,4)34(31)18-21-38(32,33)5)42-36(41)40-22-19-27-11-6-7-12-30(27)35(40)24-39/h6-7,11-13,19,22,25-26,29,31-35H,8-10,14-18,20-21,23H2,1-5H3/t26-,29+,31+,32-,33+,34+,35-,37+,38-/m1/s1. The van der Waals surface area contributed by atoms with E-state index in [9.17, 15) is 10.1 Å². The highest BCUT2D eigenvalue weighted by atomic mass is 16.6. The molecular formula is C38H52N2O2. The average Bonchev–Trinajstić information content (AvgIpc) is 3.33. The van der Waals surface area contributed by atoms with Crippen molar-refractivity contribution in [2.75, 3.05) is 0 Å². The third kappa shape index (κ3) is 5.03. The predicted molar refractivity (Wildman–Crippen MR) is 169 cm³/mol. The highest BCUT2D eigenvalue weighted by Gasteiger charge is 2.59. The van der Waals surface area contributed by atoms with E-state index in [1.807, 2.05) is 30.3 Å². The van der Waals surface area contributed by atoms with E-state index in [0.29, 0.717) is 5.41 Å². The van der Waals surface area contributed by atoms with E-state index in [1.54, 1.807) is 6.20 Å². The topological polar surface area (TPSA) is 53.3 Å². The van der Waals surface area contributed by atoms with Crippen LogP contribution >= 0.6 is 0 Å². The first-order valence-electron chi connectivity index (χ1n) is 17.0. The summed E-state index contributed by atoms with van der Waals surface area (Å²) in [7, 11) is 0. The van der Waals surface area contributed by atoms with Crippen molar-refractivity contribution in [1.29, 1.82) is 5.26 Å². The zero-order chi connectivity index (χ0) is 29.6. The number of rotatable bonds is 6. The number of hydrogen-bond acceptors (Lipinski definition) is 3. The molecule has 0 spiro atoms. The molecular weight excluding hydrogens is 516 g/mol. The molecule has 9 atom stereocenters. The van der Waals surface area contributed by atoms with Crippen LogP contribution in [-0.2, 0) is 4.74 Å². The van der Waals surface area contributed by atoms with Crippen molar-refractivity contribution in [3.63, 3.8) is 0 Å². The van der Waals surface area contributed by atoms with Gasteiger partial charge in [0.05, 0.1) is 6.07 Å². The Morgan fingerprint density at radius 1 is 1.07 bits per heavy atom. The number of benzene rings is 1. The number of ether oxygens (including phenoxy) is 1. The molecule has 1 amide bonds. The van der Waals surface area contributed by atoms with Crippen molar-refractivity contribution >= 4 is 12.2 Å². The van der Waals surface area contributed by atoms with Crippen molar-refractivity contribution in [3.8, 4) is 6.07 Å². The molecule has 226 valence electrons. The summed E-state index contributed by atoms with van der Waals surface area (Å²) in [4.78, 5) is 14.8. The van der Waals surface area contributed by atoms with Crippen LogP contribution in [0.1, 0.15) is 122 Å². The number of carbonyl (C=O) groups is 1. The third-order valence-corrected chi connectivity index (χ3v) is 12.8. The Balaban J connectivity index is 1.11. The SMILES string of the molecule is CC(C)CCC[C@@H](C)[C@H]1CC[C@H]2[C@@H]3CC=C4C[C@@H](OC(=O)N5C=Cc6ccccc6[C@H]5C#N)CC[C@]4(C)[C@H]3CC[C@]12C. The van der Waals surface area contributed by atoms with Gasteiger partial charge < -0.3 is 4.74 Å². The van der Waals surface area contributed by atoms with Crippen LogP contribution in [0.5, 0.6) is 0 Å². The minimum Gasteiger partial charge on any atom is -0.445 e. The first-order chi connectivity index (χ1) is 20.2. The Bertz CT molecular complexity index is 1270. The molecule has 0 bridgehead atoms. The van der Waals surface area contributed by atoms with E-state index in [4.69, 9.17) is 4.74 Å². The highest BCUT2D eigenvalue weighted by Crippen LogP contribution is 2.67. The molecule has 0 N–H and O–H groups in total. The van der Waals surface area contributed by atoms with Crippen molar-refractivity contribution in [2.45, 2.75) is 117 Å². The Morgan fingerprint density at radius 2 is 1.88 bits per heavy atom. The molecule has 3 saturated carbocycles. The maximum atomic E-state index is 13.3. The van der Waals surface area contributed by atoms with Gasteiger partial charge in [0.15, 0.2) is 6.04 Å². The van der Waals surface area contributed by atoms with E-state index in [1.165, 1.54) is 61.8 Å². The van der Waals surface area contributed by atoms with Gasteiger partial charge in [-0.25, -0.2) is 4.79 Å². The third-order valence-electron chi connectivity index (χ3n) is 12.8. The molecule has 1 aromatic rings. The molecule has 0 unspecified atom stereocenters. The van der Waals surface area contributed by atoms with Crippen LogP contribution in [0, 0.1) is 57.7 Å². The van der Waals surface area contributed by atoms with Crippen molar-refractivity contribution < 1.29 is 9.53 Å². The predicted octanol–water partition coefficient (Wildman–Crippen LogP) is 10.1. The van der Waals surface area contributed by atoms with E-state index in [-0.39, 0.29) is 11.5 Å². The zero-order valence-corrected chi connectivity index (χ0v) is 26.6. The van der Waals surface area contributed by atoms with Crippen LogP contribution in [0.2, 0.25) is 0 Å². The summed E-state index contributed by atoms with van der Waals surface area (Å²) in [6, 6.07) is 9.46. The number of hydrogen-bond donors (Lipinski definition) is 0. The molecule has 0 saturated heterocycles. The Hall–Kier alpha value is -2.54. The molecule has 0 aromatic heterocycles. The molecule has 3 fully saturated rings. The van der Waals surface area contributed by atoms with Gasteiger partial charge in [0.25, 0.3) is 0 Å². The van der Waals surface area contributed by atoms with Gasteiger partial charge in [0, 0.05) is 12.6 Å². The molecule has 5 aliphatic rings. The Kier molecular flexibility index (Phi) is 8.10. The lowest BCUT2D eigenvalue weighted by molar-refractivity contribution is -0.0591. The lowest BCUT2D eigenvalue weighted by Crippen LogP contribution is -2.51. The molecule has 1 heterocycles. The van der Waals surface area contributed by atoms with Gasteiger partial charge in [0.1, 0.15) is 6.10 Å². The molecule has 4 heteroatoms. The normalized spacial score (nSPS) is 37.5. The molecule has 1 aromatic carbocycles. The van der Waals surface area contributed by atoms with E-state index < -0.39 is 12.1 Å². The van der Waals surface area contributed by atoms with Gasteiger partial charge in [-0.2, -0.15) is 5.26 Å². The molecule has 4 nitrogen and oxygen atoms in total. The van der Waals surface area contributed by atoms with Gasteiger partial charge in [-0.1, -0.05) is 89.8 Å². The second-order valence-corrected chi connectivity index (χ2v) is 15.4. The highest BCUT2D eigenvalue weighted by molar-refractivity contribution is 5.74. The van der Waals surface area contributed by atoms with Crippen LogP contribution < -0.4 is 0 Å². The largest absolute Gasteiger partial charge is 0.445 e. The van der Waals surface area contributed by atoms with Gasteiger partial charge in [-0.05, 0) is 108 Å². The smallest absolute Gasteiger partial charge is 0.415 e. The van der Waals surface area contributed by atoms with Crippen LogP contribution in [-0.4, -0.2) is 17.1 Å². The Morgan fingerprint density at radius 3 is 2.67 bits per heavy atom. The van der Waals surface area contributed by atoms with Crippen LogP contribution in [0.3, 0.4) is 0 Å². The zero-order valence-electron chi connectivity index (χ0n) is 26.6. The molecule has 42 heavy (non-hydrogen) atoms. The quantitative estimate of drug-likeness (QED) is 0.321. The van der Waals surface area contributed by atoms with E-state index in [0.717, 1.165) is 65.9 Å². The second-order valence-electron chi connectivity index (χ2n) is 15.4. The summed E-state index contributed by atoms with van der Waals surface area (Å²) >= 11 is 0. The first kappa shape index (κ1) is 29.5. The fourth-order valence-corrected chi connectivity index (χ4v) is 10.6. The van der Waals surface area contributed by atoms with Crippen LogP contribution in [0.25, 0.3) is 6.08 Å². The molecule has 0 radical (unpaired) electrons. The van der Waals surface area contributed by atoms with Crippen molar-refractivity contribution in [1.82, 2.24) is 4.90 Å². The van der Waals surface area contributed by atoms with Crippen LogP contribution in [0.4, 0.5) is 4.79 Å². The maximum absolute atomic E-state index is 13.3. The van der Waals surface area contributed by atoms with Crippen molar-refractivity contribution in [3.05, 3.63) is 53.2 Å². The minimum absolute atomic E-state index is 0.116. The fourth-order valence-electron chi connectivity index (χ4n) is 10.6. The summed E-state index contributed by atoms with van der Waals surface area (Å²) in [5.74, 6) is 4.96. The van der Waals surface area contributed by atoms with Crippen LogP contribution in [0.15, 0.2) is 42.1 Å². The lowest BCUT2D eigenvalue weighted by atomic mass is 9.47. The fraction of sp³-hybridized carbons (Fsp3) is 0.684. The van der Waals surface area contributed by atoms with E-state index >= 15 is 0 Å². The summed E-state index contributed by atoms with van der Waals surface area (Å²) in [5, 5.41) is 9.91. The first-order valence-corrected chi connectivity index (χ1v) is 17.0. The molecule has 6 rings (SSSR count). The number of carbonyl (C=O) groups excluding carboxylic acids is 1.